The quantitative estimate of drug-likeness (QED) is 0.718. The van der Waals surface area contributed by atoms with Crippen molar-refractivity contribution in [2.24, 2.45) is 0 Å². The molecule has 128 valence electrons. The third-order valence-corrected chi connectivity index (χ3v) is 5.25. The lowest BCUT2D eigenvalue weighted by atomic mass is 10.2. The number of aryl methyl sites for hydroxylation is 1. The second kappa shape index (κ2) is 7.69. The normalized spacial score (nSPS) is 11.9. The van der Waals surface area contributed by atoms with Crippen LogP contribution < -0.4 is 4.72 Å². The van der Waals surface area contributed by atoms with Crippen molar-refractivity contribution >= 4 is 27.4 Å². The summed E-state index contributed by atoms with van der Waals surface area (Å²) in [5.74, 6) is 0. The van der Waals surface area contributed by atoms with Crippen molar-refractivity contribution in [1.82, 2.24) is 14.7 Å². The van der Waals surface area contributed by atoms with Gasteiger partial charge in [0.15, 0.2) is 0 Å². The summed E-state index contributed by atoms with van der Waals surface area (Å²) < 4.78 is 26.9. The van der Waals surface area contributed by atoms with Crippen molar-refractivity contribution in [3.05, 3.63) is 75.7 Å². The minimum atomic E-state index is -3.57. The van der Waals surface area contributed by atoms with E-state index in [1.807, 2.05) is 48.0 Å². The van der Waals surface area contributed by atoms with E-state index in [2.05, 4.69) is 14.7 Å². The Morgan fingerprint density at radius 2 is 1.88 bits per heavy atom. The van der Waals surface area contributed by atoms with Crippen molar-refractivity contribution in [3.63, 3.8) is 0 Å². The van der Waals surface area contributed by atoms with Crippen molar-refractivity contribution in [2.75, 3.05) is 0 Å². The Bertz CT molecular complexity index is 964. The van der Waals surface area contributed by atoms with Crippen LogP contribution in [0.15, 0.2) is 58.9 Å². The van der Waals surface area contributed by atoms with Gasteiger partial charge in [-0.15, -0.1) is 0 Å². The minimum absolute atomic E-state index is 0.0829. The lowest BCUT2D eigenvalue weighted by molar-refractivity contribution is 0.590. The molecule has 1 aromatic carbocycles. The van der Waals surface area contributed by atoms with Gasteiger partial charge in [0.1, 0.15) is 0 Å². The molecule has 0 saturated carbocycles. The summed E-state index contributed by atoms with van der Waals surface area (Å²) >= 11 is 1.56. The van der Waals surface area contributed by atoms with E-state index < -0.39 is 10.0 Å². The Labute approximate surface area is 151 Å². The first-order valence-electron chi connectivity index (χ1n) is 7.60. The van der Waals surface area contributed by atoms with E-state index in [1.165, 1.54) is 0 Å². The molecule has 7 heteroatoms. The molecule has 1 N–H and O–H groups in total. The third kappa shape index (κ3) is 4.82. The molecule has 5 nitrogen and oxygen atoms in total. The van der Waals surface area contributed by atoms with Crippen LogP contribution in [0.25, 0.3) is 17.3 Å². The predicted octanol–water partition coefficient (Wildman–Crippen LogP) is 3.60. The van der Waals surface area contributed by atoms with Gasteiger partial charge in [-0.2, -0.15) is 11.3 Å². The highest BCUT2D eigenvalue weighted by molar-refractivity contribution is 7.92. The van der Waals surface area contributed by atoms with Crippen LogP contribution >= 0.6 is 11.3 Å². The maximum absolute atomic E-state index is 12.2. The van der Waals surface area contributed by atoms with Crippen molar-refractivity contribution in [1.29, 1.82) is 0 Å². The Morgan fingerprint density at radius 3 is 2.60 bits per heavy atom. The lowest BCUT2D eigenvalue weighted by Crippen LogP contribution is -2.21. The first-order valence-corrected chi connectivity index (χ1v) is 10.1. The summed E-state index contributed by atoms with van der Waals surface area (Å²) in [4.78, 5) is 8.57. The highest BCUT2D eigenvalue weighted by Gasteiger charge is 2.11. The van der Waals surface area contributed by atoms with Gasteiger partial charge < -0.3 is 0 Å². The number of hydrogen-bond donors (Lipinski definition) is 1. The van der Waals surface area contributed by atoms with Crippen LogP contribution in [0.4, 0.5) is 0 Å². The molecule has 3 rings (SSSR count). The highest BCUT2D eigenvalue weighted by atomic mass is 32.2. The van der Waals surface area contributed by atoms with Crippen molar-refractivity contribution in [2.45, 2.75) is 13.5 Å². The first kappa shape index (κ1) is 17.5. The zero-order valence-electron chi connectivity index (χ0n) is 13.6. The van der Waals surface area contributed by atoms with Gasteiger partial charge in [-0.05, 0) is 30.0 Å². The fourth-order valence-electron chi connectivity index (χ4n) is 2.20. The van der Waals surface area contributed by atoms with E-state index in [-0.39, 0.29) is 6.54 Å². The predicted molar refractivity (Wildman–Crippen MR) is 101 cm³/mol. The van der Waals surface area contributed by atoms with Gasteiger partial charge in [0.25, 0.3) is 0 Å². The third-order valence-electron chi connectivity index (χ3n) is 3.53. The van der Waals surface area contributed by atoms with Crippen molar-refractivity contribution < 1.29 is 8.42 Å². The van der Waals surface area contributed by atoms with Crippen LogP contribution in [-0.4, -0.2) is 18.4 Å². The number of benzene rings is 1. The molecule has 2 heterocycles. The Hall–Kier alpha value is -2.35. The maximum Gasteiger partial charge on any atom is 0.234 e. The standard InChI is InChI=1S/C18H17N3O2S2/c1-14-2-4-15(5-3-14)7-11-25(22,23)21-12-17-18(20-9-8-19-17)16-6-10-24-13-16/h2-11,13,21H,12H2,1H3/b11-7+. The fourth-order valence-corrected chi connectivity index (χ4v) is 3.61. The van der Waals surface area contributed by atoms with E-state index in [0.29, 0.717) is 11.4 Å². The molecule has 0 radical (unpaired) electrons. The largest absolute Gasteiger partial charge is 0.256 e. The molecule has 2 aromatic heterocycles. The minimum Gasteiger partial charge on any atom is -0.256 e. The maximum atomic E-state index is 12.2. The van der Waals surface area contributed by atoms with Crippen LogP contribution in [0.3, 0.4) is 0 Å². The van der Waals surface area contributed by atoms with Gasteiger partial charge in [-0.25, -0.2) is 13.1 Å². The number of rotatable bonds is 6. The summed E-state index contributed by atoms with van der Waals surface area (Å²) in [6.07, 6.45) is 4.72. The molecular weight excluding hydrogens is 354 g/mol. The second-order valence-corrected chi connectivity index (χ2v) is 7.87. The number of aromatic nitrogens is 2. The van der Waals surface area contributed by atoms with E-state index in [1.54, 1.807) is 29.8 Å². The van der Waals surface area contributed by atoms with Crippen LogP contribution in [-0.2, 0) is 16.6 Å². The molecule has 0 fully saturated rings. The number of sulfonamides is 1. The van der Waals surface area contributed by atoms with E-state index in [4.69, 9.17) is 0 Å². The SMILES string of the molecule is Cc1ccc(/C=C/S(=O)(=O)NCc2nccnc2-c2ccsc2)cc1. The molecule has 0 amide bonds. The average Bonchev–Trinajstić information content (AvgIpc) is 3.14. The number of nitrogens with zero attached hydrogens (tertiary/aromatic N) is 2. The molecule has 0 atom stereocenters. The molecular formula is C18H17N3O2S2. The molecule has 0 aliphatic carbocycles. The van der Waals surface area contributed by atoms with Crippen LogP contribution in [0, 0.1) is 6.92 Å². The molecule has 0 bridgehead atoms. The molecule has 0 aliphatic heterocycles. The van der Waals surface area contributed by atoms with Crippen LogP contribution in [0.2, 0.25) is 0 Å². The zero-order valence-corrected chi connectivity index (χ0v) is 15.2. The Morgan fingerprint density at radius 1 is 1.12 bits per heavy atom. The monoisotopic (exact) mass is 371 g/mol. The van der Waals surface area contributed by atoms with Gasteiger partial charge >= 0.3 is 0 Å². The second-order valence-electron chi connectivity index (χ2n) is 5.44. The van der Waals surface area contributed by atoms with Gasteiger partial charge in [-0.3, -0.25) is 9.97 Å². The van der Waals surface area contributed by atoms with Gasteiger partial charge in [-0.1, -0.05) is 29.8 Å². The molecule has 0 spiro atoms. The topological polar surface area (TPSA) is 72.0 Å². The molecule has 3 aromatic rings. The number of thiophene rings is 1. The van der Waals surface area contributed by atoms with E-state index in [9.17, 15) is 8.42 Å². The van der Waals surface area contributed by atoms with E-state index in [0.717, 1.165) is 22.1 Å². The van der Waals surface area contributed by atoms with Crippen LogP contribution in [0.5, 0.6) is 0 Å². The zero-order chi connectivity index (χ0) is 17.7. The summed E-state index contributed by atoms with van der Waals surface area (Å²) in [7, 11) is -3.57. The van der Waals surface area contributed by atoms with Crippen molar-refractivity contribution in [3.8, 4) is 11.3 Å². The molecule has 0 aliphatic rings. The summed E-state index contributed by atoms with van der Waals surface area (Å²) in [6.45, 7) is 2.07. The first-order chi connectivity index (χ1) is 12.0. The van der Waals surface area contributed by atoms with Gasteiger partial charge in [0.05, 0.1) is 17.9 Å². The average molecular weight is 371 g/mol. The van der Waals surface area contributed by atoms with Crippen LogP contribution in [0.1, 0.15) is 16.8 Å². The summed E-state index contributed by atoms with van der Waals surface area (Å²) in [5, 5.41) is 5.07. The fraction of sp³-hybridized carbons (Fsp3) is 0.111. The van der Waals surface area contributed by atoms with Gasteiger partial charge in [0.2, 0.25) is 10.0 Å². The number of nitrogens with one attached hydrogen (secondary N) is 1. The van der Waals surface area contributed by atoms with Gasteiger partial charge in [0, 0.05) is 28.7 Å². The Kier molecular flexibility index (Phi) is 5.37. The molecule has 0 unspecified atom stereocenters. The summed E-state index contributed by atoms with van der Waals surface area (Å²) in [6, 6.07) is 9.56. The lowest BCUT2D eigenvalue weighted by Gasteiger charge is -2.06. The highest BCUT2D eigenvalue weighted by Crippen LogP contribution is 2.22. The Balaban J connectivity index is 1.72. The summed E-state index contributed by atoms with van der Waals surface area (Å²) in [5.41, 5.74) is 4.17. The number of hydrogen-bond acceptors (Lipinski definition) is 5. The smallest absolute Gasteiger partial charge is 0.234 e. The molecule has 0 saturated heterocycles. The molecule has 25 heavy (non-hydrogen) atoms. The van der Waals surface area contributed by atoms with E-state index >= 15 is 0 Å².